The molecule has 1 heterocycles. The Labute approximate surface area is 116 Å². The number of nitrogens with two attached hydrogens (primary N) is 1. The average Bonchev–Trinajstić information content (AvgIpc) is 2.38. The molecule has 1 unspecified atom stereocenters. The normalized spacial score (nSPS) is 20.8. The van der Waals surface area contributed by atoms with Gasteiger partial charge in [-0.1, -0.05) is 0 Å². The van der Waals surface area contributed by atoms with E-state index in [1.54, 1.807) is 6.92 Å². The number of hydrogen-bond donors (Lipinski definition) is 2. The molecule has 0 aliphatic carbocycles. The van der Waals surface area contributed by atoms with Crippen molar-refractivity contribution in [3.05, 3.63) is 29.6 Å². The minimum absolute atomic E-state index is 0.00547. The predicted octanol–water partition coefficient (Wildman–Crippen LogP) is 0.460. The molecule has 1 fully saturated rings. The maximum absolute atomic E-state index is 13.1. The molecular weight excluding hydrogens is 285 g/mol. The van der Waals surface area contributed by atoms with E-state index in [-0.39, 0.29) is 30.4 Å². The van der Waals surface area contributed by atoms with Crippen LogP contribution >= 0.6 is 0 Å². The molecule has 0 saturated carbocycles. The molecule has 0 amide bonds. The number of rotatable bonds is 3. The van der Waals surface area contributed by atoms with Crippen molar-refractivity contribution in [3.63, 3.8) is 0 Å². The minimum atomic E-state index is -3.74. The molecule has 0 radical (unpaired) electrons. The van der Waals surface area contributed by atoms with Gasteiger partial charge in [0.1, 0.15) is 17.8 Å². The Kier molecular flexibility index (Phi) is 4.07. The standard InChI is InChI=1S/C12H16FN3O3S/c1-8-6-9(13)2-3-11(8)20(17,18)16-4-5-19-10(7-16)12(14)15/h2-3,6,10H,4-5,7H2,1H3,(H3,14,15). The molecule has 0 bridgehead atoms. The number of aryl methyl sites for hydroxylation is 1. The van der Waals surface area contributed by atoms with Crippen LogP contribution in [0, 0.1) is 18.2 Å². The third-order valence-electron chi connectivity index (χ3n) is 3.13. The lowest BCUT2D eigenvalue weighted by molar-refractivity contribution is 0.0368. The number of amidine groups is 1. The molecule has 1 aromatic rings. The fourth-order valence-electron chi connectivity index (χ4n) is 2.07. The largest absolute Gasteiger partial charge is 0.385 e. The van der Waals surface area contributed by atoms with E-state index in [0.29, 0.717) is 5.56 Å². The van der Waals surface area contributed by atoms with Gasteiger partial charge in [0.2, 0.25) is 10.0 Å². The lowest BCUT2D eigenvalue weighted by Gasteiger charge is -2.31. The van der Waals surface area contributed by atoms with Crippen LogP contribution < -0.4 is 5.73 Å². The van der Waals surface area contributed by atoms with Crippen molar-refractivity contribution >= 4 is 15.9 Å². The molecular formula is C12H16FN3O3S. The molecule has 8 heteroatoms. The van der Waals surface area contributed by atoms with Crippen molar-refractivity contribution < 1.29 is 17.5 Å². The topological polar surface area (TPSA) is 96.5 Å². The van der Waals surface area contributed by atoms with Crippen LogP contribution in [0.25, 0.3) is 0 Å². The zero-order valence-electron chi connectivity index (χ0n) is 11.0. The molecule has 0 spiro atoms. The predicted molar refractivity (Wildman–Crippen MR) is 71.5 cm³/mol. The van der Waals surface area contributed by atoms with Crippen LogP contribution in [-0.4, -0.2) is 44.4 Å². The summed E-state index contributed by atoms with van der Waals surface area (Å²) < 4.78 is 44.6. The van der Waals surface area contributed by atoms with Crippen LogP contribution in [0.5, 0.6) is 0 Å². The van der Waals surface area contributed by atoms with Crippen LogP contribution in [0.2, 0.25) is 0 Å². The summed E-state index contributed by atoms with van der Waals surface area (Å²) in [6.07, 6.45) is -0.737. The van der Waals surface area contributed by atoms with E-state index >= 15 is 0 Å². The number of morpholine rings is 1. The van der Waals surface area contributed by atoms with Crippen molar-refractivity contribution in [1.29, 1.82) is 5.41 Å². The van der Waals surface area contributed by atoms with Crippen LogP contribution in [0.4, 0.5) is 4.39 Å². The molecule has 3 N–H and O–H groups in total. The summed E-state index contributed by atoms with van der Waals surface area (Å²) in [7, 11) is -3.74. The highest BCUT2D eigenvalue weighted by atomic mass is 32.2. The van der Waals surface area contributed by atoms with E-state index in [1.165, 1.54) is 16.4 Å². The maximum Gasteiger partial charge on any atom is 0.243 e. The lowest BCUT2D eigenvalue weighted by atomic mass is 10.2. The molecule has 1 atom stereocenters. The van der Waals surface area contributed by atoms with E-state index in [4.69, 9.17) is 15.9 Å². The quantitative estimate of drug-likeness (QED) is 0.626. The van der Waals surface area contributed by atoms with E-state index in [0.717, 1.165) is 6.07 Å². The smallest absolute Gasteiger partial charge is 0.243 e. The van der Waals surface area contributed by atoms with Gasteiger partial charge in [0.15, 0.2) is 0 Å². The van der Waals surface area contributed by atoms with Gasteiger partial charge in [-0.3, -0.25) is 5.41 Å². The zero-order chi connectivity index (χ0) is 14.9. The van der Waals surface area contributed by atoms with E-state index < -0.39 is 21.9 Å². The van der Waals surface area contributed by atoms with Crippen molar-refractivity contribution in [1.82, 2.24) is 4.31 Å². The lowest BCUT2D eigenvalue weighted by Crippen LogP contribution is -2.50. The Morgan fingerprint density at radius 3 is 2.85 bits per heavy atom. The highest BCUT2D eigenvalue weighted by Crippen LogP contribution is 2.22. The molecule has 1 aliphatic rings. The van der Waals surface area contributed by atoms with Crippen LogP contribution in [0.1, 0.15) is 5.56 Å². The highest BCUT2D eigenvalue weighted by Gasteiger charge is 2.32. The van der Waals surface area contributed by atoms with Crippen LogP contribution in [0.15, 0.2) is 23.1 Å². The number of nitrogens with one attached hydrogen (secondary N) is 1. The summed E-state index contributed by atoms with van der Waals surface area (Å²) >= 11 is 0. The molecule has 1 aromatic carbocycles. The van der Waals surface area contributed by atoms with Gasteiger partial charge in [0.25, 0.3) is 0 Å². The molecule has 2 rings (SSSR count). The minimum Gasteiger partial charge on any atom is -0.385 e. The van der Waals surface area contributed by atoms with Gasteiger partial charge in [-0.2, -0.15) is 4.31 Å². The third-order valence-corrected chi connectivity index (χ3v) is 5.16. The second-order valence-electron chi connectivity index (χ2n) is 4.59. The summed E-state index contributed by atoms with van der Waals surface area (Å²) in [4.78, 5) is 0.0584. The molecule has 20 heavy (non-hydrogen) atoms. The Balaban J connectivity index is 2.32. The fraction of sp³-hybridized carbons (Fsp3) is 0.417. The highest BCUT2D eigenvalue weighted by molar-refractivity contribution is 7.89. The van der Waals surface area contributed by atoms with Gasteiger partial charge < -0.3 is 10.5 Å². The summed E-state index contributed by atoms with van der Waals surface area (Å²) in [6.45, 7) is 1.89. The first-order valence-electron chi connectivity index (χ1n) is 6.04. The van der Waals surface area contributed by atoms with Crippen molar-refractivity contribution in [2.24, 2.45) is 5.73 Å². The van der Waals surface area contributed by atoms with E-state index in [9.17, 15) is 12.8 Å². The Bertz CT molecular complexity index is 633. The molecule has 1 aliphatic heterocycles. The number of hydrogen-bond acceptors (Lipinski definition) is 4. The first kappa shape index (κ1) is 14.9. The van der Waals surface area contributed by atoms with Crippen molar-refractivity contribution in [2.45, 2.75) is 17.9 Å². The molecule has 0 aromatic heterocycles. The maximum atomic E-state index is 13.1. The number of nitrogens with zero attached hydrogens (tertiary/aromatic N) is 1. The Hall–Kier alpha value is -1.51. The van der Waals surface area contributed by atoms with Crippen molar-refractivity contribution in [2.75, 3.05) is 19.7 Å². The first-order chi connectivity index (χ1) is 9.32. The van der Waals surface area contributed by atoms with Crippen LogP contribution in [-0.2, 0) is 14.8 Å². The third kappa shape index (κ3) is 2.82. The number of ether oxygens (including phenoxy) is 1. The fourth-order valence-corrected chi connectivity index (χ4v) is 3.70. The van der Waals surface area contributed by atoms with Crippen LogP contribution in [0.3, 0.4) is 0 Å². The Morgan fingerprint density at radius 2 is 2.25 bits per heavy atom. The van der Waals surface area contributed by atoms with Gasteiger partial charge in [0.05, 0.1) is 11.5 Å². The summed E-state index contributed by atoms with van der Waals surface area (Å²) in [6, 6.07) is 3.54. The monoisotopic (exact) mass is 301 g/mol. The molecule has 1 saturated heterocycles. The SMILES string of the molecule is Cc1cc(F)ccc1S(=O)(=O)N1CCOC(C(=N)N)C1. The van der Waals surface area contributed by atoms with E-state index in [2.05, 4.69) is 0 Å². The van der Waals surface area contributed by atoms with E-state index in [1.807, 2.05) is 0 Å². The van der Waals surface area contributed by atoms with Gasteiger partial charge >= 0.3 is 0 Å². The molecule has 6 nitrogen and oxygen atoms in total. The van der Waals surface area contributed by atoms with Gasteiger partial charge in [-0.15, -0.1) is 0 Å². The average molecular weight is 301 g/mol. The molecule has 110 valence electrons. The number of halogens is 1. The summed E-state index contributed by atoms with van der Waals surface area (Å²) in [5.74, 6) is -0.689. The number of sulfonamides is 1. The summed E-state index contributed by atoms with van der Waals surface area (Å²) in [5, 5.41) is 7.34. The van der Waals surface area contributed by atoms with Crippen molar-refractivity contribution in [3.8, 4) is 0 Å². The van der Waals surface area contributed by atoms with Gasteiger partial charge in [-0.05, 0) is 30.7 Å². The van der Waals surface area contributed by atoms with Gasteiger partial charge in [-0.25, -0.2) is 12.8 Å². The van der Waals surface area contributed by atoms with Gasteiger partial charge in [0, 0.05) is 13.1 Å². The second kappa shape index (κ2) is 5.47. The summed E-state index contributed by atoms with van der Waals surface area (Å²) in [5.41, 5.74) is 5.69. The number of benzene rings is 1. The second-order valence-corrected chi connectivity index (χ2v) is 6.49. The Morgan fingerprint density at radius 1 is 1.55 bits per heavy atom. The first-order valence-corrected chi connectivity index (χ1v) is 7.48. The zero-order valence-corrected chi connectivity index (χ0v) is 11.8.